The zero-order valence-corrected chi connectivity index (χ0v) is 15.7. The van der Waals surface area contributed by atoms with E-state index < -0.39 is 5.41 Å². The molecule has 134 valence electrons. The lowest BCUT2D eigenvalue weighted by atomic mass is 9.96. The molecule has 0 rings (SSSR count). The van der Waals surface area contributed by atoms with Crippen molar-refractivity contribution in [2.24, 2.45) is 5.41 Å². The van der Waals surface area contributed by atoms with Crippen molar-refractivity contribution in [1.82, 2.24) is 15.5 Å². The maximum atomic E-state index is 12.2. The van der Waals surface area contributed by atoms with Crippen LogP contribution >= 0.6 is 0 Å². The number of carbonyl (C=O) groups is 3. The van der Waals surface area contributed by atoms with Crippen molar-refractivity contribution in [3.05, 3.63) is 0 Å². The highest BCUT2D eigenvalue weighted by atomic mass is 16.2. The molecule has 0 heterocycles. The highest BCUT2D eigenvalue weighted by Gasteiger charge is 2.21. The van der Waals surface area contributed by atoms with Gasteiger partial charge in [-0.1, -0.05) is 20.8 Å². The van der Waals surface area contributed by atoms with Gasteiger partial charge in [0.1, 0.15) is 0 Å². The summed E-state index contributed by atoms with van der Waals surface area (Å²) < 4.78 is 0. The van der Waals surface area contributed by atoms with Gasteiger partial charge in [0.05, 0.1) is 6.54 Å². The molecule has 0 aromatic heterocycles. The normalized spacial score (nSPS) is 11.8. The SMILES string of the molecule is CCN(CC(=O)NC(C)(C)C)C(=O)CCCNC(=O)C(C)(C)C. The minimum atomic E-state index is -0.426. The molecule has 0 aromatic carbocycles. The topological polar surface area (TPSA) is 78.5 Å². The van der Waals surface area contributed by atoms with Crippen molar-refractivity contribution < 1.29 is 14.4 Å². The van der Waals surface area contributed by atoms with Crippen LogP contribution < -0.4 is 10.6 Å². The van der Waals surface area contributed by atoms with Crippen LogP contribution in [0.25, 0.3) is 0 Å². The first-order chi connectivity index (χ1) is 10.4. The Morgan fingerprint density at radius 1 is 1.00 bits per heavy atom. The number of amides is 3. The molecule has 3 amide bonds. The smallest absolute Gasteiger partial charge is 0.240 e. The van der Waals surface area contributed by atoms with Crippen molar-refractivity contribution in [2.45, 2.75) is 66.8 Å². The standard InChI is InChI=1S/C17H33N3O3/c1-8-20(12-13(21)19-17(5,6)7)14(22)10-9-11-18-15(23)16(2,3)4/h8-12H2,1-7H3,(H,18,23)(H,19,21). The molecule has 0 aliphatic heterocycles. The Balaban J connectivity index is 4.21. The van der Waals surface area contributed by atoms with Gasteiger partial charge in [0.25, 0.3) is 0 Å². The van der Waals surface area contributed by atoms with Crippen molar-refractivity contribution >= 4 is 17.7 Å². The van der Waals surface area contributed by atoms with Gasteiger partial charge < -0.3 is 15.5 Å². The number of likely N-dealkylation sites (N-methyl/N-ethyl adjacent to an activating group) is 1. The van der Waals surface area contributed by atoms with Gasteiger partial charge in [0, 0.05) is 30.5 Å². The fourth-order valence-electron chi connectivity index (χ4n) is 1.87. The summed E-state index contributed by atoms with van der Waals surface area (Å²) in [5, 5.41) is 5.67. The fourth-order valence-corrected chi connectivity index (χ4v) is 1.87. The molecule has 6 heteroatoms. The van der Waals surface area contributed by atoms with Crippen LogP contribution in [-0.4, -0.2) is 47.8 Å². The first-order valence-corrected chi connectivity index (χ1v) is 8.24. The summed E-state index contributed by atoms with van der Waals surface area (Å²) >= 11 is 0. The number of rotatable bonds is 7. The molecule has 0 saturated carbocycles. The Morgan fingerprint density at radius 2 is 1.57 bits per heavy atom. The summed E-state index contributed by atoms with van der Waals surface area (Å²) in [6.07, 6.45) is 0.888. The van der Waals surface area contributed by atoms with Gasteiger partial charge in [0.15, 0.2) is 0 Å². The van der Waals surface area contributed by atoms with Crippen LogP contribution in [0.5, 0.6) is 0 Å². The van der Waals surface area contributed by atoms with Crippen LogP contribution in [0.4, 0.5) is 0 Å². The zero-order valence-electron chi connectivity index (χ0n) is 15.7. The Morgan fingerprint density at radius 3 is 2.00 bits per heavy atom. The van der Waals surface area contributed by atoms with Crippen molar-refractivity contribution in [3.63, 3.8) is 0 Å². The Bertz CT molecular complexity index is 420. The third kappa shape index (κ3) is 9.92. The third-order valence-electron chi connectivity index (χ3n) is 3.12. The summed E-state index contributed by atoms with van der Waals surface area (Å²) in [6, 6.07) is 0. The number of carbonyl (C=O) groups excluding carboxylic acids is 3. The van der Waals surface area contributed by atoms with E-state index in [0.717, 1.165) is 0 Å². The molecular weight excluding hydrogens is 294 g/mol. The van der Waals surface area contributed by atoms with E-state index in [2.05, 4.69) is 10.6 Å². The van der Waals surface area contributed by atoms with Gasteiger partial charge in [-0.25, -0.2) is 0 Å². The maximum Gasteiger partial charge on any atom is 0.240 e. The quantitative estimate of drug-likeness (QED) is 0.699. The largest absolute Gasteiger partial charge is 0.356 e. The molecule has 0 fully saturated rings. The number of nitrogens with zero attached hydrogens (tertiary/aromatic N) is 1. The van der Waals surface area contributed by atoms with E-state index in [1.165, 1.54) is 4.90 Å². The van der Waals surface area contributed by atoms with Gasteiger partial charge in [-0.2, -0.15) is 0 Å². The number of nitrogens with one attached hydrogen (secondary N) is 2. The molecule has 23 heavy (non-hydrogen) atoms. The molecule has 6 nitrogen and oxygen atoms in total. The fraction of sp³-hybridized carbons (Fsp3) is 0.824. The molecule has 2 N–H and O–H groups in total. The minimum absolute atomic E-state index is 0.0261. The summed E-state index contributed by atoms with van der Waals surface area (Å²) in [4.78, 5) is 37.3. The highest BCUT2D eigenvalue weighted by Crippen LogP contribution is 2.12. The van der Waals surface area contributed by atoms with E-state index in [1.54, 1.807) is 0 Å². The predicted molar refractivity (Wildman–Crippen MR) is 91.8 cm³/mol. The van der Waals surface area contributed by atoms with Gasteiger partial charge >= 0.3 is 0 Å². The molecule has 0 bridgehead atoms. The van der Waals surface area contributed by atoms with Crippen molar-refractivity contribution in [3.8, 4) is 0 Å². The second-order valence-electron chi connectivity index (χ2n) is 7.82. The van der Waals surface area contributed by atoms with E-state index in [-0.39, 0.29) is 29.8 Å². The van der Waals surface area contributed by atoms with Crippen LogP contribution in [0.2, 0.25) is 0 Å². The molecule has 0 unspecified atom stereocenters. The van der Waals surface area contributed by atoms with Crippen LogP contribution in [0.3, 0.4) is 0 Å². The second kappa shape index (κ2) is 8.89. The predicted octanol–water partition coefficient (Wildman–Crippen LogP) is 1.69. The van der Waals surface area contributed by atoms with Crippen LogP contribution in [0.1, 0.15) is 61.3 Å². The molecule has 0 aromatic rings. The van der Waals surface area contributed by atoms with E-state index in [1.807, 2.05) is 48.5 Å². The Labute approximate surface area is 140 Å². The minimum Gasteiger partial charge on any atom is -0.356 e. The summed E-state index contributed by atoms with van der Waals surface area (Å²) in [7, 11) is 0. The molecule has 0 radical (unpaired) electrons. The summed E-state index contributed by atoms with van der Waals surface area (Å²) in [6.45, 7) is 14.1. The average molecular weight is 327 g/mol. The van der Waals surface area contributed by atoms with E-state index >= 15 is 0 Å². The van der Waals surface area contributed by atoms with Gasteiger partial charge in [-0.3, -0.25) is 14.4 Å². The van der Waals surface area contributed by atoms with Gasteiger partial charge in [0.2, 0.25) is 17.7 Å². The first kappa shape index (κ1) is 21.4. The summed E-state index contributed by atoms with van der Waals surface area (Å²) in [5.41, 5.74) is -0.735. The molecular formula is C17H33N3O3. The van der Waals surface area contributed by atoms with E-state index in [9.17, 15) is 14.4 Å². The number of hydrogen-bond donors (Lipinski definition) is 2. The van der Waals surface area contributed by atoms with Crippen LogP contribution in [0.15, 0.2) is 0 Å². The molecule has 0 spiro atoms. The Hall–Kier alpha value is -1.59. The average Bonchev–Trinajstić information content (AvgIpc) is 2.37. The van der Waals surface area contributed by atoms with Gasteiger partial charge in [-0.05, 0) is 34.1 Å². The second-order valence-corrected chi connectivity index (χ2v) is 7.82. The monoisotopic (exact) mass is 327 g/mol. The van der Waals surface area contributed by atoms with E-state index in [0.29, 0.717) is 25.9 Å². The zero-order chi connectivity index (χ0) is 18.3. The highest BCUT2D eigenvalue weighted by molar-refractivity contribution is 5.85. The first-order valence-electron chi connectivity index (χ1n) is 8.24. The molecule has 0 aliphatic carbocycles. The van der Waals surface area contributed by atoms with Crippen LogP contribution in [0, 0.1) is 5.41 Å². The van der Waals surface area contributed by atoms with Crippen LogP contribution in [-0.2, 0) is 14.4 Å². The van der Waals surface area contributed by atoms with E-state index in [4.69, 9.17) is 0 Å². The third-order valence-corrected chi connectivity index (χ3v) is 3.12. The maximum absolute atomic E-state index is 12.2. The lowest BCUT2D eigenvalue weighted by Gasteiger charge is -2.25. The lowest BCUT2D eigenvalue weighted by Crippen LogP contribution is -2.47. The van der Waals surface area contributed by atoms with Crippen molar-refractivity contribution in [2.75, 3.05) is 19.6 Å². The molecule has 0 aliphatic rings. The molecule has 0 atom stereocenters. The van der Waals surface area contributed by atoms with Crippen molar-refractivity contribution in [1.29, 1.82) is 0 Å². The number of hydrogen-bond acceptors (Lipinski definition) is 3. The molecule has 0 saturated heterocycles. The van der Waals surface area contributed by atoms with Gasteiger partial charge in [-0.15, -0.1) is 0 Å². The lowest BCUT2D eigenvalue weighted by molar-refractivity contribution is -0.136. The Kier molecular flexibility index (Phi) is 8.28. The summed E-state index contributed by atoms with van der Waals surface area (Å²) in [5.74, 6) is -0.253.